The highest BCUT2D eigenvalue weighted by atomic mass is 32.2. The number of halogens is 2. The standard InChI is InChI=1S/C22H26F2N2O4S/c1-15-19(9-6-10-20(15)30-22(23)24)25-21(27)16-11-13-18(14-12-16)31(28,29)26(2)17-7-4-3-5-8-17/h6,9-14,17,22H,3-5,7-8H2,1-2H3,(H,25,27). The summed E-state index contributed by atoms with van der Waals surface area (Å²) in [6.07, 6.45) is 4.87. The van der Waals surface area contributed by atoms with E-state index >= 15 is 0 Å². The third kappa shape index (κ3) is 5.40. The number of alkyl halides is 2. The Morgan fingerprint density at radius 2 is 1.74 bits per heavy atom. The Kier molecular flexibility index (Phi) is 7.27. The van der Waals surface area contributed by atoms with Crippen molar-refractivity contribution in [3.8, 4) is 5.75 Å². The number of nitrogens with zero attached hydrogens (tertiary/aromatic N) is 1. The average molecular weight is 453 g/mol. The molecule has 0 radical (unpaired) electrons. The first-order chi connectivity index (χ1) is 14.7. The number of carbonyl (C=O) groups is 1. The first-order valence-electron chi connectivity index (χ1n) is 10.1. The first kappa shape index (κ1) is 23.1. The first-order valence-corrected chi connectivity index (χ1v) is 11.6. The smallest absolute Gasteiger partial charge is 0.387 e. The second kappa shape index (κ2) is 9.74. The number of nitrogens with one attached hydrogen (secondary N) is 1. The van der Waals surface area contributed by atoms with Crippen LogP contribution in [0.1, 0.15) is 48.0 Å². The van der Waals surface area contributed by atoms with Crippen molar-refractivity contribution in [3.63, 3.8) is 0 Å². The van der Waals surface area contributed by atoms with E-state index in [9.17, 15) is 22.0 Å². The Balaban J connectivity index is 1.73. The third-order valence-electron chi connectivity index (χ3n) is 5.63. The van der Waals surface area contributed by atoms with Crippen LogP contribution in [0.2, 0.25) is 0 Å². The van der Waals surface area contributed by atoms with Crippen LogP contribution >= 0.6 is 0 Å². The lowest BCUT2D eigenvalue weighted by atomic mass is 9.96. The van der Waals surface area contributed by atoms with Crippen LogP contribution in [0.4, 0.5) is 14.5 Å². The van der Waals surface area contributed by atoms with Crippen molar-refractivity contribution in [1.82, 2.24) is 4.31 Å². The molecule has 0 aliphatic heterocycles. The number of amides is 1. The maximum atomic E-state index is 12.9. The highest BCUT2D eigenvalue weighted by Gasteiger charge is 2.29. The Morgan fingerprint density at radius 1 is 1.10 bits per heavy atom. The van der Waals surface area contributed by atoms with Crippen LogP contribution < -0.4 is 10.1 Å². The summed E-state index contributed by atoms with van der Waals surface area (Å²) in [5.41, 5.74) is 0.945. The summed E-state index contributed by atoms with van der Waals surface area (Å²) in [5, 5.41) is 2.65. The summed E-state index contributed by atoms with van der Waals surface area (Å²) in [5.74, 6) is -0.512. The second-order valence-electron chi connectivity index (χ2n) is 7.60. The van der Waals surface area contributed by atoms with E-state index in [2.05, 4.69) is 10.1 Å². The van der Waals surface area contributed by atoms with Crippen LogP contribution in [0.15, 0.2) is 47.4 Å². The number of rotatable bonds is 7. The van der Waals surface area contributed by atoms with Crippen molar-refractivity contribution < 1.29 is 26.7 Å². The zero-order valence-electron chi connectivity index (χ0n) is 17.5. The molecule has 168 valence electrons. The highest BCUT2D eigenvalue weighted by molar-refractivity contribution is 7.89. The van der Waals surface area contributed by atoms with E-state index < -0.39 is 22.5 Å². The molecule has 0 bridgehead atoms. The van der Waals surface area contributed by atoms with Crippen molar-refractivity contribution in [2.24, 2.45) is 0 Å². The fraction of sp³-hybridized carbons (Fsp3) is 0.409. The van der Waals surface area contributed by atoms with E-state index in [-0.39, 0.29) is 22.3 Å². The molecule has 1 N–H and O–H groups in total. The van der Waals surface area contributed by atoms with Gasteiger partial charge in [-0.15, -0.1) is 0 Å². The summed E-state index contributed by atoms with van der Waals surface area (Å²) in [7, 11) is -2.05. The topological polar surface area (TPSA) is 75.7 Å². The molecule has 2 aromatic carbocycles. The molecule has 0 spiro atoms. The Hall–Kier alpha value is -2.52. The molecule has 0 heterocycles. The molecule has 1 aliphatic rings. The molecule has 1 amide bonds. The predicted molar refractivity (Wildman–Crippen MR) is 114 cm³/mol. The molecule has 31 heavy (non-hydrogen) atoms. The molecule has 1 fully saturated rings. The van der Waals surface area contributed by atoms with Crippen molar-refractivity contribution in [2.75, 3.05) is 12.4 Å². The molecule has 3 rings (SSSR count). The van der Waals surface area contributed by atoms with Gasteiger partial charge in [-0.3, -0.25) is 4.79 Å². The molecule has 1 aliphatic carbocycles. The number of anilines is 1. The van der Waals surface area contributed by atoms with Gasteiger partial charge in [0.1, 0.15) is 5.75 Å². The summed E-state index contributed by atoms with van der Waals surface area (Å²) in [6, 6.07) is 10.1. The van der Waals surface area contributed by atoms with Crippen LogP contribution in [-0.2, 0) is 10.0 Å². The van der Waals surface area contributed by atoms with Gasteiger partial charge in [0.25, 0.3) is 5.91 Å². The van der Waals surface area contributed by atoms with E-state index in [4.69, 9.17) is 0 Å². The van der Waals surface area contributed by atoms with Crippen LogP contribution in [0, 0.1) is 6.92 Å². The third-order valence-corrected chi connectivity index (χ3v) is 7.56. The molecule has 1 saturated carbocycles. The minimum absolute atomic E-state index is 0.00700. The van der Waals surface area contributed by atoms with Gasteiger partial charge in [0, 0.05) is 29.9 Å². The average Bonchev–Trinajstić information content (AvgIpc) is 2.76. The quantitative estimate of drug-likeness (QED) is 0.655. The van der Waals surface area contributed by atoms with Crippen molar-refractivity contribution in [2.45, 2.75) is 56.6 Å². The van der Waals surface area contributed by atoms with Gasteiger partial charge in [0.05, 0.1) is 4.90 Å². The van der Waals surface area contributed by atoms with Crippen LogP contribution in [0.3, 0.4) is 0 Å². The van der Waals surface area contributed by atoms with Gasteiger partial charge >= 0.3 is 6.61 Å². The van der Waals surface area contributed by atoms with Crippen LogP contribution in [0.5, 0.6) is 5.75 Å². The van der Waals surface area contributed by atoms with E-state index in [1.54, 1.807) is 20.0 Å². The van der Waals surface area contributed by atoms with Gasteiger partial charge in [0.15, 0.2) is 0 Å². The van der Waals surface area contributed by atoms with E-state index in [0.717, 1.165) is 32.1 Å². The molecule has 0 aromatic heterocycles. The van der Waals surface area contributed by atoms with Gasteiger partial charge in [-0.1, -0.05) is 25.3 Å². The lowest BCUT2D eigenvalue weighted by Crippen LogP contribution is -2.38. The van der Waals surface area contributed by atoms with Gasteiger partial charge in [-0.25, -0.2) is 8.42 Å². The number of ether oxygens (including phenoxy) is 1. The summed E-state index contributed by atoms with van der Waals surface area (Å²) >= 11 is 0. The zero-order valence-corrected chi connectivity index (χ0v) is 18.3. The van der Waals surface area contributed by atoms with Gasteiger partial charge in [-0.05, 0) is 56.2 Å². The molecule has 9 heteroatoms. The number of hydrogen-bond acceptors (Lipinski definition) is 4. The van der Waals surface area contributed by atoms with Crippen molar-refractivity contribution in [3.05, 3.63) is 53.6 Å². The highest BCUT2D eigenvalue weighted by Crippen LogP contribution is 2.28. The number of benzene rings is 2. The maximum absolute atomic E-state index is 12.9. The van der Waals surface area contributed by atoms with E-state index in [1.807, 2.05) is 0 Å². The molecule has 0 unspecified atom stereocenters. The summed E-state index contributed by atoms with van der Waals surface area (Å²) in [6.45, 7) is -1.41. The predicted octanol–water partition coefficient (Wildman–Crippen LogP) is 4.80. The largest absolute Gasteiger partial charge is 0.434 e. The number of carbonyl (C=O) groups excluding carboxylic acids is 1. The Labute approximate surface area is 181 Å². The minimum atomic E-state index is -3.65. The van der Waals surface area contributed by atoms with Crippen LogP contribution in [-0.4, -0.2) is 38.3 Å². The minimum Gasteiger partial charge on any atom is -0.434 e. The van der Waals surface area contributed by atoms with Gasteiger partial charge in [-0.2, -0.15) is 13.1 Å². The van der Waals surface area contributed by atoms with Crippen LogP contribution in [0.25, 0.3) is 0 Å². The van der Waals surface area contributed by atoms with E-state index in [0.29, 0.717) is 11.3 Å². The molecule has 0 saturated heterocycles. The number of sulfonamides is 1. The lowest BCUT2D eigenvalue weighted by Gasteiger charge is -2.30. The number of hydrogen-bond donors (Lipinski definition) is 1. The zero-order chi connectivity index (χ0) is 22.6. The van der Waals surface area contributed by atoms with Gasteiger partial charge < -0.3 is 10.1 Å². The SMILES string of the molecule is Cc1c(NC(=O)c2ccc(S(=O)(=O)N(C)C3CCCCC3)cc2)cccc1OC(F)F. The van der Waals surface area contributed by atoms with Crippen molar-refractivity contribution >= 4 is 21.6 Å². The molecule has 0 atom stereocenters. The molecular weight excluding hydrogens is 426 g/mol. The Morgan fingerprint density at radius 3 is 2.35 bits per heavy atom. The van der Waals surface area contributed by atoms with Gasteiger partial charge in [0.2, 0.25) is 10.0 Å². The normalized spacial score (nSPS) is 15.3. The summed E-state index contributed by atoms with van der Waals surface area (Å²) < 4.78 is 56.7. The fourth-order valence-electron chi connectivity index (χ4n) is 3.75. The molecular formula is C22H26F2N2O4S. The summed E-state index contributed by atoms with van der Waals surface area (Å²) in [4.78, 5) is 12.7. The molecule has 2 aromatic rings. The van der Waals surface area contributed by atoms with Crippen molar-refractivity contribution in [1.29, 1.82) is 0 Å². The van der Waals surface area contributed by atoms with E-state index in [1.165, 1.54) is 40.7 Å². The second-order valence-corrected chi connectivity index (χ2v) is 9.60. The maximum Gasteiger partial charge on any atom is 0.387 e. The fourth-order valence-corrected chi connectivity index (χ4v) is 5.17. The monoisotopic (exact) mass is 452 g/mol. The Bertz CT molecular complexity index is 1020. The molecule has 6 nitrogen and oxygen atoms in total. The lowest BCUT2D eigenvalue weighted by molar-refractivity contribution is -0.0502.